The van der Waals surface area contributed by atoms with E-state index in [9.17, 15) is 13.6 Å². The van der Waals surface area contributed by atoms with Crippen LogP contribution in [0.1, 0.15) is 11.1 Å². The number of rotatable bonds is 6. The predicted molar refractivity (Wildman–Crippen MR) is 93.2 cm³/mol. The Morgan fingerprint density at radius 1 is 1.07 bits per heavy atom. The third-order valence-electron chi connectivity index (χ3n) is 3.65. The van der Waals surface area contributed by atoms with Crippen LogP contribution in [0.3, 0.4) is 0 Å². The number of ether oxygens (including phenoxy) is 4. The van der Waals surface area contributed by atoms with Gasteiger partial charge in [0.25, 0.3) is 0 Å². The minimum Gasteiger partial charge on any atom is -0.497 e. The molecule has 0 spiro atoms. The van der Waals surface area contributed by atoms with E-state index in [0.29, 0.717) is 17.1 Å². The number of carbonyl (C=O) groups excluding carboxylic acids is 1. The Bertz CT molecular complexity index is 902. The zero-order valence-corrected chi connectivity index (χ0v) is 14.4. The molecule has 1 aliphatic heterocycles. The van der Waals surface area contributed by atoms with Gasteiger partial charge in [-0.3, -0.25) is 0 Å². The maximum Gasteiger partial charge on any atom is 0.387 e. The van der Waals surface area contributed by atoms with Crippen LogP contribution in [0, 0.1) is 0 Å². The monoisotopic (exact) mass is 375 g/mol. The van der Waals surface area contributed by atoms with Gasteiger partial charge in [-0.05, 0) is 24.3 Å². The molecule has 0 unspecified atom stereocenters. The molecule has 0 N–H and O–H groups in total. The topological polar surface area (TPSA) is 66.3 Å². The molecule has 27 heavy (non-hydrogen) atoms. The van der Waals surface area contributed by atoms with Crippen molar-refractivity contribution in [1.82, 2.24) is 0 Å². The number of alkyl halides is 2. The largest absolute Gasteiger partial charge is 0.497 e. The molecule has 1 aliphatic rings. The highest BCUT2D eigenvalue weighted by Gasteiger charge is 2.25. The minimum atomic E-state index is -2.98. The van der Waals surface area contributed by atoms with E-state index >= 15 is 0 Å². The van der Waals surface area contributed by atoms with E-state index in [-0.39, 0.29) is 22.9 Å². The van der Waals surface area contributed by atoms with Gasteiger partial charge in [0.2, 0.25) is 5.90 Å². The molecule has 2 aromatic carbocycles. The molecule has 0 fully saturated rings. The first kappa shape index (κ1) is 18.4. The summed E-state index contributed by atoms with van der Waals surface area (Å²) in [5.74, 6) is 0.265. The second kappa shape index (κ2) is 7.86. The van der Waals surface area contributed by atoms with Crippen LogP contribution in [-0.4, -0.2) is 32.7 Å². The van der Waals surface area contributed by atoms with E-state index in [1.54, 1.807) is 30.3 Å². The lowest BCUT2D eigenvalue weighted by Crippen LogP contribution is -2.06. The maximum atomic E-state index is 12.5. The molecule has 0 aliphatic carbocycles. The standard InChI is InChI=1S/C19H15F2NO5/c1-24-13-7-12(8-14(10-13)25-2)17-22-15(18(23)27-17)9-11-5-3-4-6-16(11)26-19(20)21/h3-10,19H,1-2H3/b15-9-. The van der Waals surface area contributed by atoms with Crippen molar-refractivity contribution in [3.8, 4) is 17.2 Å². The molecule has 1 heterocycles. The van der Waals surface area contributed by atoms with Crippen molar-refractivity contribution in [2.24, 2.45) is 4.99 Å². The number of cyclic esters (lactones) is 1. The summed E-state index contributed by atoms with van der Waals surface area (Å²) in [6, 6.07) is 11.0. The van der Waals surface area contributed by atoms with Crippen molar-refractivity contribution in [3.63, 3.8) is 0 Å². The van der Waals surface area contributed by atoms with Gasteiger partial charge < -0.3 is 18.9 Å². The molecule has 3 rings (SSSR count). The summed E-state index contributed by atoms with van der Waals surface area (Å²) in [6.45, 7) is -2.98. The summed E-state index contributed by atoms with van der Waals surface area (Å²) in [4.78, 5) is 16.3. The van der Waals surface area contributed by atoms with Crippen LogP contribution >= 0.6 is 0 Å². The molecule has 0 aromatic heterocycles. The lowest BCUT2D eigenvalue weighted by molar-refractivity contribution is -0.129. The first-order valence-corrected chi connectivity index (χ1v) is 7.80. The second-order valence-corrected chi connectivity index (χ2v) is 5.35. The number of para-hydroxylation sites is 1. The Morgan fingerprint density at radius 3 is 2.37 bits per heavy atom. The Balaban J connectivity index is 1.97. The smallest absolute Gasteiger partial charge is 0.387 e. The van der Waals surface area contributed by atoms with Gasteiger partial charge in [-0.25, -0.2) is 9.79 Å². The molecule has 0 saturated heterocycles. The number of benzene rings is 2. The fourth-order valence-electron chi connectivity index (χ4n) is 2.41. The first-order chi connectivity index (χ1) is 13.0. The zero-order chi connectivity index (χ0) is 19.4. The van der Waals surface area contributed by atoms with E-state index < -0.39 is 12.6 Å². The molecule has 0 amide bonds. The van der Waals surface area contributed by atoms with Crippen molar-refractivity contribution in [3.05, 3.63) is 59.3 Å². The summed E-state index contributed by atoms with van der Waals surface area (Å²) >= 11 is 0. The third-order valence-corrected chi connectivity index (χ3v) is 3.65. The summed E-state index contributed by atoms with van der Waals surface area (Å²) in [6.07, 6.45) is 1.32. The number of methoxy groups -OCH3 is 2. The molecule has 0 atom stereocenters. The molecule has 0 radical (unpaired) electrons. The minimum absolute atomic E-state index is 0.0443. The number of halogens is 2. The van der Waals surface area contributed by atoms with Crippen LogP contribution < -0.4 is 14.2 Å². The highest BCUT2D eigenvalue weighted by molar-refractivity contribution is 6.13. The van der Waals surface area contributed by atoms with Crippen LogP contribution in [-0.2, 0) is 9.53 Å². The maximum absolute atomic E-state index is 12.5. The molecule has 2 aromatic rings. The zero-order valence-electron chi connectivity index (χ0n) is 14.4. The number of hydrogen-bond acceptors (Lipinski definition) is 6. The summed E-state index contributed by atoms with van der Waals surface area (Å²) in [5, 5.41) is 0. The number of hydrogen-bond donors (Lipinski definition) is 0. The highest BCUT2D eigenvalue weighted by Crippen LogP contribution is 2.28. The van der Waals surface area contributed by atoms with Gasteiger partial charge in [0.15, 0.2) is 5.70 Å². The summed E-state index contributed by atoms with van der Waals surface area (Å²) < 4.78 is 45.1. The SMILES string of the molecule is COc1cc(OC)cc(C2=N/C(=C\c3ccccc3OC(F)F)C(=O)O2)c1. The van der Waals surface area contributed by atoms with Crippen molar-refractivity contribution in [2.75, 3.05) is 14.2 Å². The first-order valence-electron chi connectivity index (χ1n) is 7.80. The van der Waals surface area contributed by atoms with Crippen molar-refractivity contribution >= 4 is 17.9 Å². The predicted octanol–water partition coefficient (Wildman–Crippen LogP) is 3.65. The number of carbonyl (C=O) groups is 1. The van der Waals surface area contributed by atoms with E-state index in [0.717, 1.165) is 0 Å². The van der Waals surface area contributed by atoms with E-state index in [4.69, 9.17) is 14.2 Å². The number of esters is 1. The average Bonchev–Trinajstić information content (AvgIpc) is 3.03. The Labute approximate surface area is 153 Å². The van der Waals surface area contributed by atoms with Gasteiger partial charge >= 0.3 is 12.6 Å². The molecular formula is C19H15F2NO5. The number of aliphatic imine (C=N–C) groups is 1. The Kier molecular flexibility index (Phi) is 5.35. The number of nitrogens with zero attached hydrogens (tertiary/aromatic N) is 1. The fourth-order valence-corrected chi connectivity index (χ4v) is 2.41. The Morgan fingerprint density at radius 2 is 1.74 bits per heavy atom. The lowest BCUT2D eigenvalue weighted by Gasteiger charge is -2.07. The van der Waals surface area contributed by atoms with Gasteiger partial charge in [0.1, 0.15) is 17.2 Å². The fraction of sp³-hybridized carbons (Fsp3) is 0.158. The van der Waals surface area contributed by atoms with E-state index in [1.165, 1.54) is 32.4 Å². The molecule has 8 heteroatoms. The molecular weight excluding hydrogens is 360 g/mol. The molecule has 0 bridgehead atoms. The van der Waals surface area contributed by atoms with Crippen molar-refractivity contribution in [2.45, 2.75) is 6.61 Å². The van der Waals surface area contributed by atoms with Gasteiger partial charge in [0.05, 0.1) is 14.2 Å². The average molecular weight is 375 g/mol. The van der Waals surface area contributed by atoms with Gasteiger partial charge in [-0.15, -0.1) is 0 Å². The second-order valence-electron chi connectivity index (χ2n) is 5.35. The highest BCUT2D eigenvalue weighted by atomic mass is 19.3. The van der Waals surface area contributed by atoms with E-state index in [2.05, 4.69) is 9.73 Å². The molecule has 6 nitrogen and oxygen atoms in total. The van der Waals surface area contributed by atoms with E-state index in [1.807, 2.05) is 0 Å². The summed E-state index contributed by atoms with van der Waals surface area (Å²) in [7, 11) is 2.98. The molecule has 0 saturated carbocycles. The van der Waals surface area contributed by atoms with Crippen LogP contribution in [0.5, 0.6) is 17.2 Å². The Hall–Kier alpha value is -3.42. The summed E-state index contributed by atoms with van der Waals surface area (Å²) in [5.41, 5.74) is 0.704. The van der Waals surface area contributed by atoms with Gasteiger partial charge in [-0.1, -0.05) is 18.2 Å². The van der Waals surface area contributed by atoms with Crippen molar-refractivity contribution < 1.29 is 32.5 Å². The van der Waals surface area contributed by atoms with Crippen molar-refractivity contribution in [1.29, 1.82) is 0 Å². The normalized spacial score (nSPS) is 14.9. The quantitative estimate of drug-likeness (QED) is 0.570. The lowest BCUT2D eigenvalue weighted by atomic mass is 10.1. The van der Waals surface area contributed by atoms with Crippen LogP contribution in [0.25, 0.3) is 6.08 Å². The third kappa shape index (κ3) is 4.22. The van der Waals surface area contributed by atoms with Gasteiger partial charge in [-0.2, -0.15) is 8.78 Å². The molecule has 140 valence electrons. The van der Waals surface area contributed by atoms with Gasteiger partial charge in [0, 0.05) is 17.2 Å². The van der Waals surface area contributed by atoms with Crippen LogP contribution in [0.4, 0.5) is 8.78 Å². The van der Waals surface area contributed by atoms with Crippen LogP contribution in [0.2, 0.25) is 0 Å². The van der Waals surface area contributed by atoms with Crippen LogP contribution in [0.15, 0.2) is 53.2 Å².